The van der Waals surface area contributed by atoms with E-state index < -0.39 is 5.82 Å². The molecule has 0 heterocycles. The summed E-state index contributed by atoms with van der Waals surface area (Å²) in [4.78, 5) is 11.3. The average molecular weight is 363 g/mol. The number of rotatable bonds is 7. The van der Waals surface area contributed by atoms with Crippen molar-refractivity contribution < 1.29 is 18.7 Å². The standard InChI is InChI=1S/C18H16ClFN2O3/c1-24-17-9-12(10-22-18(23)7-8-21)5-6-16(17)25-11-13-14(19)3-2-4-15(13)20/h2-6,9H,7,10-11H2,1H3,(H,22,23). The van der Waals surface area contributed by atoms with Gasteiger partial charge >= 0.3 is 0 Å². The van der Waals surface area contributed by atoms with Crippen LogP contribution in [0.15, 0.2) is 36.4 Å². The number of nitrogens with one attached hydrogen (secondary N) is 1. The fourth-order valence-corrected chi connectivity index (χ4v) is 2.31. The van der Waals surface area contributed by atoms with Crippen LogP contribution in [0.25, 0.3) is 0 Å². The van der Waals surface area contributed by atoms with E-state index in [0.29, 0.717) is 11.5 Å². The molecule has 0 aliphatic heterocycles. The number of methoxy groups -OCH3 is 1. The van der Waals surface area contributed by atoms with Gasteiger partial charge in [-0.15, -0.1) is 0 Å². The monoisotopic (exact) mass is 362 g/mol. The van der Waals surface area contributed by atoms with Gasteiger partial charge in [-0.2, -0.15) is 5.26 Å². The van der Waals surface area contributed by atoms with Crippen molar-refractivity contribution in [3.8, 4) is 17.6 Å². The zero-order valence-electron chi connectivity index (χ0n) is 13.5. The topological polar surface area (TPSA) is 71.3 Å². The van der Waals surface area contributed by atoms with E-state index in [1.54, 1.807) is 30.3 Å². The van der Waals surface area contributed by atoms with Crippen molar-refractivity contribution in [2.75, 3.05) is 7.11 Å². The highest BCUT2D eigenvalue weighted by atomic mass is 35.5. The summed E-state index contributed by atoms with van der Waals surface area (Å²) in [5.41, 5.74) is 1.04. The SMILES string of the molecule is COc1cc(CNC(=O)CC#N)ccc1OCc1c(F)cccc1Cl. The summed E-state index contributed by atoms with van der Waals surface area (Å²) in [5, 5.41) is 11.4. The molecule has 1 amide bonds. The summed E-state index contributed by atoms with van der Waals surface area (Å²) in [7, 11) is 1.48. The molecule has 2 aromatic rings. The first-order valence-corrected chi connectivity index (χ1v) is 7.79. The van der Waals surface area contributed by atoms with Gasteiger partial charge in [0.2, 0.25) is 5.91 Å². The van der Waals surface area contributed by atoms with Crippen LogP contribution in [-0.2, 0) is 17.9 Å². The molecule has 0 aliphatic rings. The molecule has 0 aromatic heterocycles. The van der Waals surface area contributed by atoms with Crippen LogP contribution in [0.3, 0.4) is 0 Å². The molecule has 0 saturated carbocycles. The minimum Gasteiger partial charge on any atom is -0.493 e. The summed E-state index contributed by atoms with van der Waals surface area (Å²) in [6.07, 6.45) is -0.193. The molecule has 0 unspecified atom stereocenters. The molecule has 5 nitrogen and oxygen atoms in total. The smallest absolute Gasteiger partial charge is 0.234 e. The zero-order valence-corrected chi connectivity index (χ0v) is 14.3. The minimum absolute atomic E-state index is 0.0415. The quantitative estimate of drug-likeness (QED) is 0.817. The molecule has 1 N–H and O–H groups in total. The lowest BCUT2D eigenvalue weighted by atomic mass is 10.2. The number of nitriles is 1. The van der Waals surface area contributed by atoms with E-state index in [4.69, 9.17) is 26.3 Å². The largest absolute Gasteiger partial charge is 0.493 e. The molecule has 2 aromatic carbocycles. The Hall–Kier alpha value is -2.78. The fraction of sp³-hybridized carbons (Fsp3) is 0.222. The maximum Gasteiger partial charge on any atom is 0.234 e. The molecular formula is C18H16ClFN2O3. The third kappa shape index (κ3) is 5.10. The Labute approximate surface area is 149 Å². The van der Waals surface area contributed by atoms with Gasteiger partial charge in [-0.05, 0) is 29.8 Å². The maximum atomic E-state index is 13.8. The summed E-state index contributed by atoms with van der Waals surface area (Å²) in [6.45, 7) is 0.219. The summed E-state index contributed by atoms with van der Waals surface area (Å²) >= 11 is 5.98. The Morgan fingerprint density at radius 1 is 1.32 bits per heavy atom. The maximum absolute atomic E-state index is 13.8. The van der Waals surface area contributed by atoms with Gasteiger partial charge in [0.05, 0.1) is 18.2 Å². The van der Waals surface area contributed by atoms with Gasteiger partial charge in [0.25, 0.3) is 0 Å². The number of carbonyl (C=O) groups excluding carboxylic acids is 1. The van der Waals surface area contributed by atoms with Crippen LogP contribution in [0.2, 0.25) is 5.02 Å². The second-order valence-electron chi connectivity index (χ2n) is 5.09. The Bertz CT molecular complexity index is 785. The Morgan fingerprint density at radius 3 is 2.80 bits per heavy atom. The highest BCUT2D eigenvalue weighted by Crippen LogP contribution is 2.30. The number of amides is 1. The van der Waals surface area contributed by atoms with Crippen molar-refractivity contribution in [2.24, 2.45) is 0 Å². The number of benzene rings is 2. The number of hydrogen-bond donors (Lipinski definition) is 1. The van der Waals surface area contributed by atoms with Crippen molar-refractivity contribution in [3.63, 3.8) is 0 Å². The molecule has 0 atom stereocenters. The average Bonchev–Trinajstić information content (AvgIpc) is 2.60. The summed E-state index contributed by atoms with van der Waals surface area (Å²) < 4.78 is 24.7. The van der Waals surface area contributed by atoms with E-state index in [1.807, 2.05) is 0 Å². The highest BCUT2D eigenvalue weighted by Gasteiger charge is 2.11. The third-order valence-electron chi connectivity index (χ3n) is 3.39. The van der Waals surface area contributed by atoms with Crippen molar-refractivity contribution in [1.82, 2.24) is 5.32 Å². The number of nitrogens with zero attached hydrogens (tertiary/aromatic N) is 1. The summed E-state index contributed by atoms with van der Waals surface area (Å²) in [6, 6.07) is 11.3. The van der Waals surface area contributed by atoms with Crippen molar-refractivity contribution >= 4 is 17.5 Å². The molecule has 130 valence electrons. The fourth-order valence-electron chi connectivity index (χ4n) is 2.10. The van der Waals surface area contributed by atoms with E-state index in [9.17, 15) is 9.18 Å². The first-order chi connectivity index (χ1) is 12.0. The van der Waals surface area contributed by atoms with Gasteiger partial charge in [0.15, 0.2) is 11.5 Å². The molecule has 0 saturated heterocycles. The second kappa shape index (κ2) is 8.90. The lowest BCUT2D eigenvalue weighted by Crippen LogP contribution is -2.21. The van der Waals surface area contributed by atoms with E-state index >= 15 is 0 Å². The van der Waals surface area contributed by atoms with Crippen LogP contribution >= 0.6 is 11.6 Å². The van der Waals surface area contributed by atoms with Gasteiger partial charge in [-0.25, -0.2) is 4.39 Å². The lowest BCUT2D eigenvalue weighted by molar-refractivity contribution is -0.120. The van der Waals surface area contributed by atoms with Crippen molar-refractivity contribution in [3.05, 3.63) is 58.4 Å². The first-order valence-electron chi connectivity index (χ1n) is 7.41. The van der Waals surface area contributed by atoms with Gasteiger partial charge in [0, 0.05) is 12.1 Å². The van der Waals surface area contributed by atoms with Crippen molar-refractivity contribution in [1.29, 1.82) is 5.26 Å². The van der Waals surface area contributed by atoms with Gasteiger partial charge in [0.1, 0.15) is 18.8 Å². The summed E-state index contributed by atoms with van der Waals surface area (Å²) in [5.74, 6) is 0.0766. The van der Waals surface area contributed by atoms with E-state index in [-0.39, 0.29) is 36.1 Å². The van der Waals surface area contributed by atoms with E-state index in [2.05, 4.69) is 5.32 Å². The second-order valence-corrected chi connectivity index (χ2v) is 5.49. The van der Waals surface area contributed by atoms with Crippen LogP contribution in [0.4, 0.5) is 4.39 Å². The molecule has 0 radical (unpaired) electrons. The van der Waals surface area contributed by atoms with Gasteiger partial charge < -0.3 is 14.8 Å². The first kappa shape index (κ1) is 18.6. The minimum atomic E-state index is -0.441. The molecule has 0 aliphatic carbocycles. The predicted octanol–water partition coefficient (Wildman–Crippen LogP) is 3.60. The zero-order chi connectivity index (χ0) is 18.2. The highest BCUT2D eigenvalue weighted by molar-refractivity contribution is 6.31. The number of carbonyl (C=O) groups is 1. The Morgan fingerprint density at radius 2 is 2.12 bits per heavy atom. The normalized spacial score (nSPS) is 10.0. The predicted molar refractivity (Wildman–Crippen MR) is 90.8 cm³/mol. The van der Waals surface area contributed by atoms with Crippen LogP contribution in [0.5, 0.6) is 11.5 Å². The molecule has 0 bridgehead atoms. The van der Waals surface area contributed by atoms with Crippen LogP contribution in [-0.4, -0.2) is 13.0 Å². The lowest BCUT2D eigenvalue weighted by Gasteiger charge is -2.13. The molecule has 7 heteroatoms. The van der Waals surface area contributed by atoms with Crippen LogP contribution in [0.1, 0.15) is 17.5 Å². The van der Waals surface area contributed by atoms with E-state index in [0.717, 1.165) is 5.56 Å². The molecule has 2 rings (SSSR count). The number of ether oxygens (including phenoxy) is 2. The van der Waals surface area contributed by atoms with Crippen molar-refractivity contribution in [2.45, 2.75) is 19.6 Å². The van der Waals surface area contributed by atoms with Crippen LogP contribution < -0.4 is 14.8 Å². The molecular weight excluding hydrogens is 347 g/mol. The van der Waals surface area contributed by atoms with Gasteiger partial charge in [-0.3, -0.25) is 4.79 Å². The molecule has 0 fully saturated rings. The van der Waals surface area contributed by atoms with Gasteiger partial charge in [-0.1, -0.05) is 23.7 Å². The van der Waals surface area contributed by atoms with E-state index in [1.165, 1.54) is 19.2 Å². The Balaban J connectivity index is 2.06. The Kier molecular flexibility index (Phi) is 6.61. The van der Waals surface area contributed by atoms with Crippen LogP contribution in [0, 0.1) is 17.1 Å². The number of hydrogen-bond acceptors (Lipinski definition) is 4. The number of halogens is 2. The third-order valence-corrected chi connectivity index (χ3v) is 3.75. The molecule has 0 spiro atoms. The molecule has 25 heavy (non-hydrogen) atoms.